The lowest BCUT2D eigenvalue weighted by Crippen LogP contribution is -2.52. The van der Waals surface area contributed by atoms with Crippen LogP contribution >= 0.6 is 35.9 Å². The van der Waals surface area contributed by atoms with Gasteiger partial charge in [-0.2, -0.15) is 23.5 Å². The summed E-state index contributed by atoms with van der Waals surface area (Å²) in [6.07, 6.45) is 14.0. The van der Waals surface area contributed by atoms with Gasteiger partial charge in [-0.25, -0.2) is 4.79 Å². The molecule has 0 bridgehead atoms. The lowest BCUT2D eigenvalue weighted by Gasteiger charge is -2.41. The zero-order valence-electron chi connectivity index (χ0n) is 32.4. The normalized spacial score (nSPS) is 15.4. The van der Waals surface area contributed by atoms with E-state index in [0.717, 1.165) is 86.8 Å². The summed E-state index contributed by atoms with van der Waals surface area (Å²) in [4.78, 5) is 67.2. The fourth-order valence-corrected chi connectivity index (χ4v) is 7.22. The van der Waals surface area contributed by atoms with E-state index in [1.54, 1.807) is 47.8 Å². The van der Waals surface area contributed by atoms with Gasteiger partial charge in [0.1, 0.15) is 12.1 Å². The average Bonchev–Trinajstić information content (AvgIpc) is 3.13. The van der Waals surface area contributed by atoms with E-state index < -0.39 is 39.8 Å². The van der Waals surface area contributed by atoms with E-state index in [1.165, 1.54) is 38.5 Å². The van der Waals surface area contributed by atoms with Crippen molar-refractivity contribution in [2.45, 2.75) is 89.1 Å². The van der Waals surface area contributed by atoms with Crippen LogP contribution in [0.2, 0.25) is 0 Å². The number of carbonyl (C=O) groups is 4. The molecule has 312 valence electrons. The quantitative estimate of drug-likeness (QED) is 0.0589. The zero-order valence-corrected chi connectivity index (χ0v) is 34.8. The predicted molar refractivity (Wildman–Crippen MR) is 220 cm³/mol. The molecule has 2 fully saturated rings. The second-order valence-corrected chi connectivity index (χ2v) is 15.7. The fraction of sp³-hybridized carbons (Fsp3) is 0.579. The number of carboxylic acid groups (broad SMARTS) is 1. The molecule has 1 unspecified atom stereocenters. The highest BCUT2D eigenvalue weighted by Gasteiger charge is 2.45. The molecule has 0 spiro atoms. The molecule has 4 N–H and O–H groups in total. The summed E-state index contributed by atoms with van der Waals surface area (Å²) in [5.41, 5.74) is 6.32. The molecule has 18 heteroatoms. The molecule has 2 aliphatic carbocycles. The topological polar surface area (TPSA) is 231 Å². The molecule has 2 aromatic carbocycles. The summed E-state index contributed by atoms with van der Waals surface area (Å²) < 4.78 is 9.32. The Hall–Kier alpha value is -3.93. The Bertz CT molecular complexity index is 1570. The van der Waals surface area contributed by atoms with Crippen LogP contribution in [-0.4, -0.2) is 89.1 Å². The van der Waals surface area contributed by atoms with Crippen molar-refractivity contribution in [3.8, 4) is 0 Å². The van der Waals surface area contributed by atoms with Crippen molar-refractivity contribution in [3.05, 3.63) is 79.9 Å². The Morgan fingerprint density at radius 3 is 1.52 bits per heavy atom. The van der Waals surface area contributed by atoms with Crippen LogP contribution in [0.1, 0.15) is 75.3 Å². The molecule has 0 saturated heterocycles. The number of ether oxygens (including phenoxy) is 2. The summed E-state index contributed by atoms with van der Waals surface area (Å²) in [6, 6.07) is 10.3. The van der Waals surface area contributed by atoms with Gasteiger partial charge in [-0.3, -0.25) is 34.6 Å². The Kier molecular flexibility index (Phi) is 22.7. The van der Waals surface area contributed by atoms with Gasteiger partial charge in [-0.05, 0) is 92.9 Å². The minimum atomic E-state index is -0.804. The predicted octanol–water partition coefficient (Wildman–Crippen LogP) is 6.55. The van der Waals surface area contributed by atoms with Crippen LogP contribution in [0.5, 0.6) is 0 Å². The summed E-state index contributed by atoms with van der Waals surface area (Å²) in [7, 11) is 2.55. The van der Waals surface area contributed by atoms with E-state index in [4.69, 9.17) is 15.6 Å². The molecular weight excluding hydrogens is 788 g/mol. The number of esters is 2. The number of halogens is 1. The van der Waals surface area contributed by atoms with Crippen LogP contribution in [0.25, 0.3) is 0 Å². The van der Waals surface area contributed by atoms with Crippen LogP contribution in [0.4, 0.5) is 11.4 Å². The number of carbonyl (C=O) groups excluding carboxylic acids is 3. The van der Waals surface area contributed by atoms with Crippen LogP contribution in [0.3, 0.4) is 0 Å². The second-order valence-electron chi connectivity index (χ2n) is 13.7. The first kappa shape index (κ1) is 50.1. The third-order valence-electron chi connectivity index (χ3n) is 10.0. The van der Waals surface area contributed by atoms with E-state index in [1.807, 2.05) is 6.26 Å². The number of nitrogens with one attached hydrogen (secondary N) is 1. The number of benzene rings is 2. The summed E-state index contributed by atoms with van der Waals surface area (Å²) >= 11 is 3.56. The Labute approximate surface area is 342 Å². The SMILES string of the molecule is COC(=O)C(N)Cc1ccc([N+](=O)[O-])cc1.COC(=O)[C@H](Cc1ccc([N+](=O)[O-])cc1)NC(=O)C1(CCCSC)CCC1.CSCCCC1(C(=O)O)CCC1.Cl. The van der Waals surface area contributed by atoms with E-state index in [0.29, 0.717) is 6.42 Å². The van der Waals surface area contributed by atoms with Crippen LogP contribution < -0.4 is 11.1 Å². The van der Waals surface area contributed by atoms with Crippen molar-refractivity contribution in [2.75, 3.05) is 38.2 Å². The Morgan fingerprint density at radius 2 is 1.18 bits per heavy atom. The van der Waals surface area contributed by atoms with E-state index in [2.05, 4.69) is 16.3 Å². The standard InChI is InChI=1S/C19H26N2O5S.C10H12N2O4.C9H16O2S.ClH/c1-26-17(22)16(13-14-5-7-15(8-6-14)21(24)25)20-18(23)19(9-3-10-19)11-4-12-27-2;1-16-10(13)9(11)6-7-2-4-8(5-3-7)12(14)15;1-12-7-3-6-9(8(10)11)4-2-5-9;/h5-8,16H,3-4,9-13H2,1-2H3,(H,20,23);2-5,9H,6,11H2,1H3;2-7H2,1H3,(H,10,11);1H/t16-;;;/m0.../s1. The number of nitrogens with zero attached hydrogens (tertiary/aromatic N) is 2. The van der Waals surface area contributed by atoms with Crippen molar-refractivity contribution in [3.63, 3.8) is 0 Å². The highest BCUT2D eigenvalue weighted by atomic mass is 35.5. The number of methoxy groups -OCH3 is 2. The van der Waals surface area contributed by atoms with Gasteiger partial charge in [0.15, 0.2) is 0 Å². The maximum Gasteiger partial charge on any atom is 0.328 e. The molecule has 2 atom stereocenters. The van der Waals surface area contributed by atoms with Crippen LogP contribution in [-0.2, 0) is 41.5 Å². The molecule has 15 nitrogen and oxygen atoms in total. The summed E-state index contributed by atoms with van der Waals surface area (Å²) in [6.45, 7) is 0. The van der Waals surface area contributed by atoms with E-state index >= 15 is 0 Å². The second kappa shape index (κ2) is 25.3. The Balaban J connectivity index is 0.000000459. The number of carboxylic acids is 1. The fourth-order valence-electron chi connectivity index (χ4n) is 6.36. The number of rotatable bonds is 19. The third-order valence-corrected chi connectivity index (χ3v) is 11.4. The van der Waals surface area contributed by atoms with E-state index in [9.17, 15) is 39.4 Å². The van der Waals surface area contributed by atoms with Crippen molar-refractivity contribution in [1.29, 1.82) is 0 Å². The number of nitro benzene ring substituents is 2. The number of amides is 1. The highest BCUT2D eigenvalue weighted by molar-refractivity contribution is 7.98. The molecule has 56 heavy (non-hydrogen) atoms. The third kappa shape index (κ3) is 15.5. The van der Waals surface area contributed by atoms with Gasteiger partial charge in [0, 0.05) is 36.1 Å². The molecule has 0 radical (unpaired) electrons. The number of aliphatic carboxylic acids is 1. The number of hydrogen-bond acceptors (Lipinski definition) is 13. The molecule has 2 saturated carbocycles. The molecule has 2 aliphatic rings. The first-order valence-corrected chi connectivity index (χ1v) is 20.9. The number of nitro groups is 2. The molecule has 1 amide bonds. The number of thioether (sulfide) groups is 2. The maximum absolute atomic E-state index is 12.9. The van der Waals surface area contributed by atoms with Gasteiger partial charge in [0.05, 0.1) is 29.5 Å². The minimum Gasteiger partial charge on any atom is -0.481 e. The van der Waals surface area contributed by atoms with Crippen molar-refractivity contribution in [2.24, 2.45) is 16.6 Å². The molecule has 4 rings (SSSR count). The zero-order chi connectivity index (χ0) is 41.0. The van der Waals surface area contributed by atoms with Gasteiger partial charge < -0.3 is 25.6 Å². The van der Waals surface area contributed by atoms with E-state index in [-0.39, 0.29) is 46.9 Å². The van der Waals surface area contributed by atoms with Crippen molar-refractivity contribution in [1.82, 2.24) is 5.32 Å². The lowest BCUT2D eigenvalue weighted by atomic mass is 9.65. The van der Waals surface area contributed by atoms with Gasteiger partial charge in [-0.1, -0.05) is 37.1 Å². The molecular formula is C38H55ClN4O11S2. The van der Waals surface area contributed by atoms with Gasteiger partial charge in [-0.15, -0.1) is 12.4 Å². The lowest BCUT2D eigenvalue weighted by molar-refractivity contribution is -0.385. The first-order valence-electron chi connectivity index (χ1n) is 18.1. The number of nitrogens with two attached hydrogens (primary N) is 1. The monoisotopic (exact) mass is 842 g/mol. The summed E-state index contributed by atoms with van der Waals surface area (Å²) in [5, 5.41) is 33.0. The molecule has 0 aromatic heterocycles. The van der Waals surface area contributed by atoms with Gasteiger partial charge >= 0.3 is 17.9 Å². The van der Waals surface area contributed by atoms with Gasteiger partial charge in [0.2, 0.25) is 5.91 Å². The summed E-state index contributed by atoms with van der Waals surface area (Å²) in [5.74, 6) is 0.425. The highest BCUT2D eigenvalue weighted by Crippen LogP contribution is 2.46. The van der Waals surface area contributed by atoms with Crippen molar-refractivity contribution < 1.29 is 43.6 Å². The van der Waals surface area contributed by atoms with Gasteiger partial charge in [0.25, 0.3) is 11.4 Å². The van der Waals surface area contributed by atoms with Crippen LogP contribution in [0.15, 0.2) is 48.5 Å². The Morgan fingerprint density at radius 1 is 0.768 bits per heavy atom. The largest absolute Gasteiger partial charge is 0.481 e. The average molecular weight is 843 g/mol. The molecule has 0 heterocycles. The molecule has 0 aliphatic heterocycles. The number of non-ortho nitro benzene ring substituents is 2. The van der Waals surface area contributed by atoms with Crippen molar-refractivity contribution >= 4 is 71.1 Å². The minimum absolute atomic E-state index is 0. The van der Waals surface area contributed by atoms with Crippen LogP contribution in [0, 0.1) is 31.1 Å². The smallest absolute Gasteiger partial charge is 0.328 e. The first-order chi connectivity index (χ1) is 26.2. The number of hydrogen-bond donors (Lipinski definition) is 3. The maximum atomic E-state index is 12.9. The molecule has 2 aromatic rings.